The summed E-state index contributed by atoms with van der Waals surface area (Å²) >= 11 is 5.88. The summed E-state index contributed by atoms with van der Waals surface area (Å²) in [6, 6.07) is 2.02. The average molecular weight is 210 g/mol. The van der Waals surface area contributed by atoms with Gasteiger partial charge < -0.3 is 0 Å². The van der Waals surface area contributed by atoms with Crippen LogP contribution in [0.1, 0.15) is 25.0 Å². The summed E-state index contributed by atoms with van der Waals surface area (Å²) in [5.41, 5.74) is 3.67. The highest BCUT2D eigenvalue weighted by atomic mass is 35.5. The summed E-state index contributed by atoms with van der Waals surface area (Å²) in [5, 5.41) is 0. The molecule has 2 heteroatoms. The van der Waals surface area contributed by atoms with Crippen LogP contribution in [-0.2, 0) is 0 Å². The highest BCUT2D eigenvalue weighted by Crippen LogP contribution is 2.17. The predicted octanol–water partition coefficient (Wildman–Crippen LogP) is 3.67. The molecule has 0 saturated heterocycles. The SMILES string of the molecule is Cc1cnccc1/C=C(\CCl)C(C)C. The molecule has 0 bridgehead atoms. The lowest BCUT2D eigenvalue weighted by atomic mass is 10.0. The van der Waals surface area contributed by atoms with E-state index < -0.39 is 0 Å². The summed E-state index contributed by atoms with van der Waals surface area (Å²) in [7, 11) is 0. The lowest BCUT2D eigenvalue weighted by molar-refractivity contribution is 0.778. The molecule has 0 aromatic carbocycles. The van der Waals surface area contributed by atoms with E-state index in [0.717, 1.165) is 0 Å². The Kier molecular flexibility index (Phi) is 4.15. The van der Waals surface area contributed by atoms with Crippen LogP contribution in [0.5, 0.6) is 0 Å². The van der Waals surface area contributed by atoms with Crippen molar-refractivity contribution in [3.63, 3.8) is 0 Å². The second-order valence-electron chi connectivity index (χ2n) is 3.74. The molecule has 1 heterocycles. The van der Waals surface area contributed by atoms with E-state index in [9.17, 15) is 0 Å². The van der Waals surface area contributed by atoms with Crippen molar-refractivity contribution in [3.05, 3.63) is 35.2 Å². The molecule has 0 saturated carbocycles. The van der Waals surface area contributed by atoms with E-state index in [0.29, 0.717) is 11.8 Å². The van der Waals surface area contributed by atoms with E-state index in [1.54, 1.807) is 0 Å². The minimum Gasteiger partial charge on any atom is -0.264 e. The van der Waals surface area contributed by atoms with Gasteiger partial charge in [-0.2, -0.15) is 0 Å². The van der Waals surface area contributed by atoms with Gasteiger partial charge in [-0.15, -0.1) is 11.6 Å². The summed E-state index contributed by atoms with van der Waals surface area (Å²) in [4.78, 5) is 4.06. The molecule has 76 valence electrons. The van der Waals surface area contributed by atoms with Crippen LogP contribution in [-0.4, -0.2) is 10.9 Å². The summed E-state index contributed by atoms with van der Waals surface area (Å²) in [6.07, 6.45) is 5.84. The zero-order valence-corrected chi connectivity index (χ0v) is 9.67. The largest absolute Gasteiger partial charge is 0.264 e. The van der Waals surface area contributed by atoms with Crippen LogP contribution in [0.15, 0.2) is 24.0 Å². The zero-order chi connectivity index (χ0) is 10.6. The number of pyridine rings is 1. The summed E-state index contributed by atoms with van der Waals surface area (Å²) in [5.74, 6) is 1.10. The molecule has 0 aliphatic carbocycles. The third-order valence-electron chi connectivity index (χ3n) is 2.30. The first-order valence-electron chi connectivity index (χ1n) is 4.82. The smallest absolute Gasteiger partial charge is 0.0439 e. The van der Waals surface area contributed by atoms with Crippen molar-refractivity contribution >= 4 is 17.7 Å². The fraction of sp³-hybridized carbons (Fsp3) is 0.417. The van der Waals surface area contributed by atoms with Crippen molar-refractivity contribution in [3.8, 4) is 0 Å². The molecule has 14 heavy (non-hydrogen) atoms. The Morgan fingerprint density at radius 2 is 2.29 bits per heavy atom. The van der Waals surface area contributed by atoms with Gasteiger partial charge in [0.15, 0.2) is 0 Å². The van der Waals surface area contributed by atoms with E-state index in [-0.39, 0.29) is 0 Å². The number of aromatic nitrogens is 1. The number of hydrogen-bond donors (Lipinski definition) is 0. The van der Waals surface area contributed by atoms with Crippen LogP contribution >= 0.6 is 11.6 Å². The quantitative estimate of drug-likeness (QED) is 0.693. The minimum atomic E-state index is 0.500. The third-order valence-corrected chi connectivity index (χ3v) is 2.61. The topological polar surface area (TPSA) is 12.9 Å². The molecule has 0 N–H and O–H groups in total. The molecule has 1 rings (SSSR count). The maximum atomic E-state index is 5.88. The van der Waals surface area contributed by atoms with Crippen LogP contribution in [0.25, 0.3) is 6.08 Å². The second-order valence-corrected chi connectivity index (χ2v) is 4.01. The first-order chi connectivity index (χ1) is 6.65. The fourth-order valence-corrected chi connectivity index (χ4v) is 1.59. The highest BCUT2D eigenvalue weighted by molar-refractivity contribution is 6.19. The van der Waals surface area contributed by atoms with Gasteiger partial charge in [-0.05, 0) is 30.0 Å². The first kappa shape index (κ1) is 11.3. The molecule has 0 atom stereocenters. The molecule has 1 nitrogen and oxygen atoms in total. The van der Waals surface area contributed by atoms with E-state index in [1.165, 1.54) is 16.7 Å². The molecular formula is C12H16ClN. The monoisotopic (exact) mass is 209 g/mol. The molecule has 0 spiro atoms. The molecule has 1 aromatic heterocycles. The van der Waals surface area contributed by atoms with Crippen LogP contribution < -0.4 is 0 Å². The lowest BCUT2D eigenvalue weighted by Gasteiger charge is -2.08. The highest BCUT2D eigenvalue weighted by Gasteiger charge is 2.02. The minimum absolute atomic E-state index is 0.500. The number of rotatable bonds is 3. The van der Waals surface area contributed by atoms with Gasteiger partial charge in [0.2, 0.25) is 0 Å². The van der Waals surface area contributed by atoms with E-state index in [4.69, 9.17) is 11.6 Å². The van der Waals surface area contributed by atoms with Crippen LogP contribution in [0.2, 0.25) is 0 Å². The van der Waals surface area contributed by atoms with Crippen molar-refractivity contribution in [2.75, 3.05) is 5.88 Å². The third kappa shape index (κ3) is 2.85. The molecule has 0 radical (unpaired) electrons. The van der Waals surface area contributed by atoms with Crippen LogP contribution in [0, 0.1) is 12.8 Å². The standard InChI is InChI=1S/C12H16ClN/c1-9(2)12(7-13)6-11-4-5-14-8-10(11)3/h4-6,8-9H,7H2,1-3H3/b12-6+. The molecule has 0 aliphatic heterocycles. The number of halogens is 1. The molecular weight excluding hydrogens is 194 g/mol. The number of allylic oxidation sites excluding steroid dienone is 1. The Balaban J connectivity index is 3.00. The molecule has 0 aliphatic rings. The van der Waals surface area contributed by atoms with Gasteiger partial charge in [0.05, 0.1) is 0 Å². The van der Waals surface area contributed by atoms with Crippen molar-refractivity contribution in [1.82, 2.24) is 4.98 Å². The van der Waals surface area contributed by atoms with E-state index >= 15 is 0 Å². The van der Waals surface area contributed by atoms with Gasteiger partial charge in [0, 0.05) is 18.3 Å². The fourth-order valence-electron chi connectivity index (χ4n) is 1.21. The molecule has 0 fully saturated rings. The number of hydrogen-bond acceptors (Lipinski definition) is 1. The van der Waals surface area contributed by atoms with Crippen molar-refractivity contribution in [2.24, 2.45) is 5.92 Å². The van der Waals surface area contributed by atoms with Gasteiger partial charge in [-0.3, -0.25) is 4.98 Å². The zero-order valence-electron chi connectivity index (χ0n) is 8.92. The summed E-state index contributed by atoms with van der Waals surface area (Å²) < 4.78 is 0. The first-order valence-corrected chi connectivity index (χ1v) is 5.35. The summed E-state index contributed by atoms with van der Waals surface area (Å²) in [6.45, 7) is 6.38. The lowest BCUT2D eigenvalue weighted by Crippen LogP contribution is -1.96. The van der Waals surface area contributed by atoms with Crippen molar-refractivity contribution in [2.45, 2.75) is 20.8 Å². The van der Waals surface area contributed by atoms with E-state index in [1.807, 2.05) is 18.5 Å². The molecule has 0 amide bonds. The van der Waals surface area contributed by atoms with E-state index in [2.05, 4.69) is 31.8 Å². The number of nitrogens with zero attached hydrogens (tertiary/aromatic N) is 1. The predicted molar refractivity (Wildman–Crippen MR) is 62.5 cm³/mol. The van der Waals surface area contributed by atoms with Gasteiger partial charge >= 0.3 is 0 Å². The van der Waals surface area contributed by atoms with Crippen molar-refractivity contribution in [1.29, 1.82) is 0 Å². The Bertz CT molecular complexity index is 329. The average Bonchev–Trinajstić information content (AvgIpc) is 2.16. The van der Waals surface area contributed by atoms with Gasteiger partial charge in [0.1, 0.15) is 0 Å². The molecule has 1 aromatic rings. The molecule has 0 unspecified atom stereocenters. The Morgan fingerprint density at radius 1 is 1.57 bits per heavy atom. The number of alkyl halides is 1. The van der Waals surface area contributed by atoms with Gasteiger partial charge in [-0.1, -0.05) is 25.5 Å². The van der Waals surface area contributed by atoms with Crippen molar-refractivity contribution < 1.29 is 0 Å². The maximum absolute atomic E-state index is 5.88. The maximum Gasteiger partial charge on any atom is 0.0439 e. The van der Waals surface area contributed by atoms with Gasteiger partial charge in [-0.25, -0.2) is 0 Å². The van der Waals surface area contributed by atoms with Gasteiger partial charge in [0.25, 0.3) is 0 Å². The van der Waals surface area contributed by atoms with Crippen LogP contribution in [0.4, 0.5) is 0 Å². The van der Waals surface area contributed by atoms with Crippen LogP contribution in [0.3, 0.4) is 0 Å². The number of aryl methyl sites for hydroxylation is 1. The second kappa shape index (κ2) is 5.16. The Labute approximate surface area is 90.8 Å². The Hall–Kier alpha value is -0.820. The normalized spacial score (nSPS) is 12.2. The Morgan fingerprint density at radius 3 is 2.79 bits per heavy atom.